The molecule has 0 spiro atoms. The number of carbonyl (C=O) groups is 1. The summed E-state index contributed by atoms with van der Waals surface area (Å²) in [5.74, 6) is 1.00. The summed E-state index contributed by atoms with van der Waals surface area (Å²) in [6.45, 7) is 3.12. The number of piperidine rings is 1. The number of benzene rings is 1. The summed E-state index contributed by atoms with van der Waals surface area (Å²) in [5.41, 5.74) is 1.17. The molecule has 0 unspecified atom stereocenters. The molecule has 0 bridgehead atoms. The number of ether oxygens (including phenoxy) is 2. The van der Waals surface area contributed by atoms with Crippen LogP contribution in [0.5, 0.6) is 11.5 Å². The number of amides is 1. The van der Waals surface area contributed by atoms with Gasteiger partial charge in [-0.1, -0.05) is 0 Å². The standard InChI is InChI=1S/C21H21N5O4/c1-14-4-9-26(16-2-3-17-18(10-16)30-13-29-17)21(28)19(14)20(27)24-7-5-15(6-8-24)25-11-22-23-12-25/h2-4,9-12,15H,5-8,13H2,1H3. The Labute approximate surface area is 172 Å². The van der Waals surface area contributed by atoms with E-state index in [9.17, 15) is 9.59 Å². The number of aryl methyl sites for hydroxylation is 1. The number of pyridine rings is 1. The minimum absolute atomic E-state index is 0.163. The normalized spacial score (nSPS) is 16.1. The van der Waals surface area contributed by atoms with Crippen molar-refractivity contribution in [1.29, 1.82) is 0 Å². The first-order valence-electron chi connectivity index (χ1n) is 9.87. The zero-order chi connectivity index (χ0) is 20.7. The molecule has 154 valence electrons. The monoisotopic (exact) mass is 407 g/mol. The summed E-state index contributed by atoms with van der Waals surface area (Å²) in [6.07, 6.45) is 6.68. The van der Waals surface area contributed by atoms with Crippen LogP contribution in [0.1, 0.15) is 34.8 Å². The summed E-state index contributed by atoms with van der Waals surface area (Å²) in [7, 11) is 0. The van der Waals surface area contributed by atoms with Crippen molar-refractivity contribution in [3.05, 3.63) is 64.6 Å². The second-order valence-electron chi connectivity index (χ2n) is 7.52. The average molecular weight is 407 g/mol. The van der Waals surface area contributed by atoms with E-state index >= 15 is 0 Å². The smallest absolute Gasteiger partial charge is 0.268 e. The van der Waals surface area contributed by atoms with Crippen molar-refractivity contribution in [3.8, 4) is 17.2 Å². The maximum absolute atomic E-state index is 13.2. The van der Waals surface area contributed by atoms with Gasteiger partial charge >= 0.3 is 0 Å². The van der Waals surface area contributed by atoms with Gasteiger partial charge in [0.05, 0.1) is 5.69 Å². The van der Waals surface area contributed by atoms with Gasteiger partial charge in [0.15, 0.2) is 11.5 Å². The van der Waals surface area contributed by atoms with Crippen molar-refractivity contribution in [2.75, 3.05) is 19.9 Å². The van der Waals surface area contributed by atoms with Crippen molar-refractivity contribution >= 4 is 5.91 Å². The highest BCUT2D eigenvalue weighted by atomic mass is 16.7. The Morgan fingerprint density at radius 3 is 2.57 bits per heavy atom. The van der Waals surface area contributed by atoms with E-state index in [2.05, 4.69) is 10.2 Å². The molecule has 0 radical (unpaired) electrons. The third-order valence-corrected chi connectivity index (χ3v) is 5.76. The van der Waals surface area contributed by atoms with Crippen LogP contribution >= 0.6 is 0 Å². The van der Waals surface area contributed by atoms with E-state index in [0.717, 1.165) is 12.8 Å². The quantitative estimate of drug-likeness (QED) is 0.659. The maximum atomic E-state index is 13.2. The molecule has 4 heterocycles. The molecule has 1 fully saturated rings. The summed E-state index contributed by atoms with van der Waals surface area (Å²) in [6, 6.07) is 7.36. The Hall–Kier alpha value is -3.62. The highest BCUT2D eigenvalue weighted by molar-refractivity contribution is 5.95. The lowest BCUT2D eigenvalue weighted by Crippen LogP contribution is -2.42. The van der Waals surface area contributed by atoms with Gasteiger partial charge in [-0.15, -0.1) is 10.2 Å². The van der Waals surface area contributed by atoms with E-state index in [1.165, 1.54) is 4.57 Å². The number of hydrogen-bond acceptors (Lipinski definition) is 6. The molecule has 0 aliphatic carbocycles. The van der Waals surface area contributed by atoms with E-state index in [0.29, 0.717) is 35.8 Å². The third-order valence-electron chi connectivity index (χ3n) is 5.76. The van der Waals surface area contributed by atoms with Gasteiger partial charge in [-0.3, -0.25) is 14.2 Å². The molecule has 3 aromatic rings. The Kier molecular flexibility index (Phi) is 4.50. The van der Waals surface area contributed by atoms with E-state index in [4.69, 9.17) is 9.47 Å². The lowest BCUT2D eigenvalue weighted by molar-refractivity contribution is 0.0691. The highest BCUT2D eigenvalue weighted by Gasteiger charge is 2.27. The van der Waals surface area contributed by atoms with Gasteiger partial charge in [-0.05, 0) is 43.5 Å². The van der Waals surface area contributed by atoms with Crippen LogP contribution in [0.4, 0.5) is 0 Å². The Morgan fingerprint density at radius 2 is 1.80 bits per heavy atom. The number of hydrogen-bond donors (Lipinski definition) is 0. The second-order valence-corrected chi connectivity index (χ2v) is 7.52. The third kappa shape index (κ3) is 3.12. The molecule has 0 atom stereocenters. The van der Waals surface area contributed by atoms with Crippen LogP contribution in [-0.2, 0) is 0 Å². The molecule has 0 N–H and O–H groups in total. The minimum atomic E-state index is -0.334. The predicted molar refractivity (Wildman–Crippen MR) is 107 cm³/mol. The molecule has 2 aromatic heterocycles. The first kappa shape index (κ1) is 18.4. The zero-order valence-electron chi connectivity index (χ0n) is 16.5. The first-order chi connectivity index (χ1) is 14.6. The molecule has 1 saturated heterocycles. The highest BCUT2D eigenvalue weighted by Crippen LogP contribution is 2.33. The number of aromatic nitrogens is 4. The molecule has 2 aliphatic heterocycles. The molecule has 2 aliphatic rings. The lowest BCUT2D eigenvalue weighted by atomic mass is 10.0. The fraction of sp³-hybridized carbons (Fsp3) is 0.333. The van der Waals surface area contributed by atoms with Crippen LogP contribution in [0.3, 0.4) is 0 Å². The molecule has 5 rings (SSSR count). The van der Waals surface area contributed by atoms with E-state index in [1.807, 2.05) is 4.57 Å². The van der Waals surface area contributed by atoms with Crippen molar-refractivity contribution in [3.63, 3.8) is 0 Å². The van der Waals surface area contributed by atoms with Gasteiger partial charge in [0.1, 0.15) is 18.2 Å². The molecular formula is C21H21N5O4. The lowest BCUT2D eigenvalue weighted by Gasteiger charge is -2.32. The van der Waals surface area contributed by atoms with Crippen LogP contribution < -0.4 is 15.0 Å². The summed E-state index contributed by atoms with van der Waals surface area (Å²) in [4.78, 5) is 28.2. The summed E-state index contributed by atoms with van der Waals surface area (Å²) >= 11 is 0. The van der Waals surface area contributed by atoms with E-state index < -0.39 is 0 Å². The van der Waals surface area contributed by atoms with Gasteiger partial charge in [-0.25, -0.2) is 0 Å². The van der Waals surface area contributed by atoms with Crippen molar-refractivity contribution in [2.24, 2.45) is 0 Å². The Balaban J connectivity index is 1.41. The van der Waals surface area contributed by atoms with Crippen molar-refractivity contribution < 1.29 is 14.3 Å². The summed E-state index contributed by atoms with van der Waals surface area (Å²) < 4.78 is 14.2. The van der Waals surface area contributed by atoms with Crippen LogP contribution in [0.25, 0.3) is 5.69 Å². The molecule has 0 saturated carbocycles. The number of likely N-dealkylation sites (tertiary alicyclic amines) is 1. The first-order valence-corrected chi connectivity index (χ1v) is 9.87. The fourth-order valence-corrected chi connectivity index (χ4v) is 4.05. The molecular weight excluding hydrogens is 386 g/mol. The number of fused-ring (bicyclic) bond motifs is 1. The average Bonchev–Trinajstić information content (AvgIpc) is 3.45. The van der Waals surface area contributed by atoms with Crippen LogP contribution in [-0.4, -0.2) is 50.0 Å². The Bertz CT molecular complexity index is 1150. The summed E-state index contributed by atoms with van der Waals surface area (Å²) in [5, 5.41) is 7.71. The van der Waals surface area contributed by atoms with E-state index in [1.54, 1.807) is 54.9 Å². The largest absolute Gasteiger partial charge is 0.454 e. The van der Waals surface area contributed by atoms with Crippen molar-refractivity contribution in [2.45, 2.75) is 25.8 Å². The van der Waals surface area contributed by atoms with Crippen LogP contribution in [0.15, 0.2) is 47.9 Å². The van der Waals surface area contributed by atoms with Gasteiger partial charge in [-0.2, -0.15) is 0 Å². The number of carbonyl (C=O) groups excluding carboxylic acids is 1. The fourth-order valence-electron chi connectivity index (χ4n) is 4.05. The SMILES string of the molecule is Cc1ccn(-c2ccc3c(c2)OCO3)c(=O)c1C(=O)N1CCC(n2cnnc2)CC1. The maximum Gasteiger partial charge on any atom is 0.268 e. The number of nitrogens with zero attached hydrogens (tertiary/aromatic N) is 5. The van der Waals surface area contributed by atoms with E-state index in [-0.39, 0.29) is 29.9 Å². The molecule has 1 aromatic carbocycles. The second kappa shape index (κ2) is 7.33. The molecule has 9 nitrogen and oxygen atoms in total. The molecule has 9 heteroatoms. The zero-order valence-corrected chi connectivity index (χ0v) is 16.5. The number of rotatable bonds is 3. The van der Waals surface area contributed by atoms with Gasteiger partial charge in [0, 0.05) is 31.4 Å². The van der Waals surface area contributed by atoms with Gasteiger partial charge in [0.25, 0.3) is 11.5 Å². The topological polar surface area (TPSA) is 91.5 Å². The molecule has 1 amide bonds. The van der Waals surface area contributed by atoms with Crippen molar-refractivity contribution in [1.82, 2.24) is 24.2 Å². The van der Waals surface area contributed by atoms with Crippen LogP contribution in [0.2, 0.25) is 0 Å². The van der Waals surface area contributed by atoms with Gasteiger partial charge < -0.3 is 18.9 Å². The Morgan fingerprint density at radius 1 is 1.07 bits per heavy atom. The minimum Gasteiger partial charge on any atom is -0.454 e. The van der Waals surface area contributed by atoms with Crippen LogP contribution in [0, 0.1) is 6.92 Å². The molecule has 30 heavy (non-hydrogen) atoms. The van der Waals surface area contributed by atoms with Gasteiger partial charge in [0.2, 0.25) is 6.79 Å². The predicted octanol–water partition coefficient (Wildman–Crippen LogP) is 1.94.